The van der Waals surface area contributed by atoms with Gasteiger partial charge in [0.25, 0.3) is 0 Å². The van der Waals surface area contributed by atoms with Crippen LogP contribution in [0.25, 0.3) is 0 Å². The van der Waals surface area contributed by atoms with Gasteiger partial charge in [-0.25, -0.2) is 0 Å². The standard InChI is InChI=1S/C17H34N4O2/c1-4-18-15(20-14-17(22)7-5-6-8-17)19-13-16(2,3)21-9-11-23-12-10-21/h22H,4-14H2,1-3H3,(H2,18,19,20). The molecule has 0 aromatic rings. The molecule has 1 aliphatic carbocycles. The van der Waals surface area contributed by atoms with Crippen LogP contribution in [0.1, 0.15) is 46.5 Å². The summed E-state index contributed by atoms with van der Waals surface area (Å²) in [6.07, 6.45) is 4.02. The van der Waals surface area contributed by atoms with Crippen LogP contribution < -0.4 is 10.6 Å². The van der Waals surface area contributed by atoms with E-state index >= 15 is 0 Å². The fraction of sp³-hybridized carbons (Fsp3) is 0.941. The minimum absolute atomic E-state index is 0.0103. The van der Waals surface area contributed by atoms with E-state index in [-0.39, 0.29) is 5.54 Å². The van der Waals surface area contributed by atoms with E-state index in [1.807, 2.05) is 0 Å². The first-order valence-electron chi connectivity index (χ1n) is 9.03. The monoisotopic (exact) mass is 326 g/mol. The molecule has 2 rings (SSSR count). The highest BCUT2D eigenvalue weighted by molar-refractivity contribution is 5.79. The molecule has 6 nitrogen and oxygen atoms in total. The third kappa shape index (κ3) is 5.62. The molecule has 2 fully saturated rings. The highest BCUT2D eigenvalue weighted by Crippen LogP contribution is 2.28. The molecule has 2 aliphatic rings. The summed E-state index contributed by atoms with van der Waals surface area (Å²) in [7, 11) is 0. The first-order chi connectivity index (χ1) is 11.0. The molecule has 0 aromatic carbocycles. The van der Waals surface area contributed by atoms with Gasteiger partial charge in [-0.2, -0.15) is 0 Å². The van der Waals surface area contributed by atoms with Crippen molar-refractivity contribution in [1.82, 2.24) is 15.5 Å². The Labute approximate surface area is 140 Å². The van der Waals surface area contributed by atoms with Crippen molar-refractivity contribution in [2.45, 2.75) is 57.6 Å². The Bertz CT molecular complexity index is 386. The topological polar surface area (TPSA) is 69.1 Å². The highest BCUT2D eigenvalue weighted by Gasteiger charge is 2.31. The lowest BCUT2D eigenvalue weighted by molar-refractivity contribution is -0.00685. The minimum Gasteiger partial charge on any atom is -0.388 e. The summed E-state index contributed by atoms with van der Waals surface area (Å²) in [6.45, 7) is 12.2. The lowest BCUT2D eigenvalue weighted by Gasteiger charge is -2.40. The van der Waals surface area contributed by atoms with Crippen molar-refractivity contribution in [1.29, 1.82) is 0 Å². The predicted octanol–water partition coefficient (Wildman–Crippen LogP) is 0.957. The second-order valence-electron chi connectivity index (χ2n) is 7.39. The van der Waals surface area contributed by atoms with Crippen molar-refractivity contribution < 1.29 is 9.84 Å². The maximum atomic E-state index is 10.5. The van der Waals surface area contributed by atoms with Crippen molar-refractivity contribution in [3.8, 4) is 0 Å². The van der Waals surface area contributed by atoms with Crippen molar-refractivity contribution >= 4 is 5.96 Å². The van der Waals surface area contributed by atoms with Crippen LogP contribution in [0.4, 0.5) is 0 Å². The average Bonchev–Trinajstić information content (AvgIpc) is 2.98. The predicted molar refractivity (Wildman–Crippen MR) is 93.9 cm³/mol. The SMILES string of the molecule is CCNC(=NCC(C)(C)N1CCOCC1)NCC1(O)CCCC1. The van der Waals surface area contributed by atoms with Gasteiger partial charge in [0.2, 0.25) is 0 Å². The third-order valence-electron chi connectivity index (χ3n) is 4.95. The van der Waals surface area contributed by atoms with Gasteiger partial charge in [-0.15, -0.1) is 0 Å². The maximum Gasteiger partial charge on any atom is 0.191 e. The van der Waals surface area contributed by atoms with Gasteiger partial charge < -0.3 is 20.5 Å². The molecule has 1 saturated carbocycles. The summed E-state index contributed by atoms with van der Waals surface area (Å²) in [4.78, 5) is 7.19. The van der Waals surface area contributed by atoms with E-state index in [1.165, 1.54) is 0 Å². The van der Waals surface area contributed by atoms with Gasteiger partial charge in [0.1, 0.15) is 0 Å². The molecule has 1 aliphatic heterocycles. The molecule has 1 saturated heterocycles. The summed E-state index contributed by atoms with van der Waals surface area (Å²) in [6, 6.07) is 0. The molecule has 0 spiro atoms. The van der Waals surface area contributed by atoms with Gasteiger partial charge in [-0.1, -0.05) is 12.8 Å². The molecule has 1 heterocycles. The quantitative estimate of drug-likeness (QED) is 0.501. The smallest absolute Gasteiger partial charge is 0.191 e. The molecule has 0 atom stereocenters. The van der Waals surface area contributed by atoms with E-state index in [0.29, 0.717) is 6.54 Å². The molecule has 0 radical (unpaired) electrons. The number of hydrogen-bond donors (Lipinski definition) is 3. The number of morpholine rings is 1. The van der Waals surface area contributed by atoms with Crippen LogP contribution >= 0.6 is 0 Å². The van der Waals surface area contributed by atoms with Gasteiger partial charge >= 0.3 is 0 Å². The van der Waals surface area contributed by atoms with Crippen molar-refractivity contribution in [2.75, 3.05) is 45.9 Å². The number of ether oxygens (including phenoxy) is 1. The van der Waals surface area contributed by atoms with Gasteiger partial charge in [0.05, 0.1) is 25.4 Å². The summed E-state index contributed by atoms with van der Waals surface area (Å²) >= 11 is 0. The van der Waals surface area contributed by atoms with Crippen LogP contribution in [0, 0.1) is 0 Å². The summed E-state index contributed by atoms with van der Waals surface area (Å²) in [5.41, 5.74) is -0.549. The van der Waals surface area contributed by atoms with E-state index in [1.54, 1.807) is 0 Å². The van der Waals surface area contributed by atoms with Crippen LogP contribution in [-0.4, -0.2) is 73.0 Å². The molecule has 0 bridgehead atoms. The number of aliphatic hydroxyl groups is 1. The van der Waals surface area contributed by atoms with E-state index in [9.17, 15) is 5.11 Å². The Hall–Kier alpha value is -0.850. The molecule has 23 heavy (non-hydrogen) atoms. The Morgan fingerprint density at radius 1 is 1.22 bits per heavy atom. The lowest BCUT2D eigenvalue weighted by Crippen LogP contribution is -2.52. The van der Waals surface area contributed by atoms with Crippen molar-refractivity contribution in [3.05, 3.63) is 0 Å². The molecule has 6 heteroatoms. The molecule has 0 amide bonds. The summed E-state index contributed by atoms with van der Waals surface area (Å²) in [5.74, 6) is 0.800. The largest absolute Gasteiger partial charge is 0.388 e. The molecule has 0 unspecified atom stereocenters. The molecule has 0 aromatic heterocycles. The number of guanidine groups is 1. The van der Waals surface area contributed by atoms with Gasteiger partial charge in [0.15, 0.2) is 5.96 Å². The van der Waals surface area contributed by atoms with E-state index in [2.05, 4.69) is 36.3 Å². The fourth-order valence-electron chi connectivity index (χ4n) is 3.34. The number of nitrogens with zero attached hydrogens (tertiary/aromatic N) is 2. The molecule has 3 N–H and O–H groups in total. The zero-order valence-corrected chi connectivity index (χ0v) is 15.0. The Morgan fingerprint density at radius 3 is 2.48 bits per heavy atom. The van der Waals surface area contributed by atoms with Crippen LogP contribution in [0.3, 0.4) is 0 Å². The summed E-state index contributed by atoms with van der Waals surface area (Å²) in [5, 5.41) is 17.1. The molecular weight excluding hydrogens is 292 g/mol. The van der Waals surface area contributed by atoms with Crippen LogP contribution in [0.2, 0.25) is 0 Å². The van der Waals surface area contributed by atoms with Crippen LogP contribution in [0.15, 0.2) is 4.99 Å². The maximum absolute atomic E-state index is 10.5. The molecular formula is C17H34N4O2. The fourth-order valence-corrected chi connectivity index (χ4v) is 3.34. The zero-order valence-electron chi connectivity index (χ0n) is 15.0. The highest BCUT2D eigenvalue weighted by atomic mass is 16.5. The normalized spacial score (nSPS) is 23.0. The Balaban J connectivity index is 1.88. The number of aliphatic imine (C=N–C) groups is 1. The number of rotatable bonds is 6. The number of hydrogen-bond acceptors (Lipinski definition) is 4. The van der Waals surface area contributed by atoms with Crippen LogP contribution in [0.5, 0.6) is 0 Å². The number of nitrogens with one attached hydrogen (secondary N) is 2. The van der Waals surface area contributed by atoms with E-state index < -0.39 is 5.60 Å². The van der Waals surface area contributed by atoms with Crippen molar-refractivity contribution in [3.63, 3.8) is 0 Å². The average molecular weight is 326 g/mol. The van der Waals surface area contributed by atoms with Gasteiger partial charge in [0, 0.05) is 31.7 Å². The molecule has 134 valence electrons. The van der Waals surface area contributed by atoms with E-state index in [0.717, 1.165) is 71.0 Å². The summed E-state index contributed by atoms with van der Waals surface area (Å²) < 4.78 is 5.44. The Morgan fingerprint density at radius 2 is 1.87 bits per heavy atom. The lowest BCUT2D eigenvalue weighted by atomic mass is 10.0. The van der Waals surface area contributed by atoms with Gasteiger partial charge in [-0.3, -0.25) is 9.89 Å². The first kappa shape index (κ1) is 18.5. The minimum atomic E-state index is -0.560. The zero-order chi connectivity index (χ0) is 16.8. The van der Waals surface area contributed by atoms with Gasteiger partial charge in [-0.05, 0) is 33.6 Å². The third-order valence-corrected chi connectivity index (χ3v) is 4.95. The first-order valence-corrected chi connectivity index (χ1v) is 9.03. The Kier molecular flexibility index (Phi) is 6.68. The van der Waals surface area contributed by atoms with Crippen molar-refractivity contribution in [2.24, 2.45) is 4.99 Å². The second-order valence-corrected chi connectivity index (χ2v) is 7.39. The van der Waals surface area contributed by atoms with Crippen LogP contribution in [-0.2, 0) is 4.74 Å². The second kappa shape index (κ2) is 8.31. The van der Waals surface area contributed by atoms with E-state index in [4.69, 9.17) is 9.73 Å².